The monoisotopic (exact) mass is 212 g/mol. The van der Waals surface area contributed by atoms with Crippen LogP contribution in [0.5, 0.6) is 0 Å². The van der Waals surface area contributed by atoms with Gasteiger partial charge in [-0.3, -0.25) is 4.79 Å². The number of nitrogens with one attached hydrogen (secondary N) is 1. The van der Waals surface area contributed by atoms with Crippen LogP contribution in [0.25, 0.3) is 10.4 Å². The predicted molar refractivity (Wildman–Crippen MR) is 49.0 cm³/mol. The number of hydrogen-bond acceptors (Lipinski definition) is 2. The van der Waals surface area contributed by atoms with Gasteiger partial charge in [-0.15, -0.1) is 0 Å². The van der Waals surface area contributed by atoms with Gasteiger partial charge in [0.2, 0.25) is 5.91 Å². The van der Waals surface area contributed by atoms with Crippen LogP contribution in [0.3, 0.4) is 0 Å². The Morgan fingerprint density at radius 3 is 2.80 bits per heavy atom. The summed E-state index contributed by atoms with van der Waals surface area (Å²) in [5.41, 5.74) is 8.03. The van der Waals surface area contributed by atoms with E-state index in [4.69, 9.17) is 5.53 Å². The molecular formula is C8H6F2N4O. The fourth-order valence-corrected chi connectivity index (χ4v) is 0.870. The van der Waals surface area contributed by atoms with Crippen LogP contribution in [0, 0.1) is 11.6 Å². The Morgan fingerprint density at radius 2 is 2.20 bits per heavy atom. The van der Waals surface area contributed by atoms with Crippen molar-refractivity contribution in [3.8, 4) is 0 Å². The Hall–Kier alpha value is -2.14. The number of carbonyl (C=O) groups is 1. The highest BCUT2D eigenvalue weighted by atomic mass is 19.2. The fraction of sp³-hybridized carbons (Fsp3) is 0.125. The number of rotatable bonds is 3. The Morgan fingerprint density at radius 1 is 1.47 bits per heavy atom. The van der Waals surface area contributed by atoms with Gasteiger partial charge in [-0.05, 0) is 17.7 Å². The van der Waals surface area contributed by atoms with E-state index in [1.54, 1.807) is 0 Å². The second-order valence-corrected chi connectivity index (χ2v) is 2.57. The van der Waals surface area contributed by atoms with Gasteiger partial charge in [-0.1, -0.05) is 5.11 Å². The van der Waals surface area contributed by atoms with Crippen molar-refractivity contribution in [2.45, 2.75) is 0 Å². The predicted octanol–water partition coefficient (Wildman–Crippen LogP) is 2.21. The first kappa shape index (κ1) is 10.9. The minimum absolute atomic E-state index is 0.104. The summed E-state index contributed by atoms with van der Waals surface area (Å²) < 4.78 is 25.2. The average Bonchev–Trinajstić information content (AvgIpc) is 2.20. The number of azide groups is 1. The van der Waals surface area contributed by atoms with E-state index < -0.39 is 24.1 Å². The summed E-state index contributed by atoms with van der Waals surface area (Å²) >= 11 is 0. The number of carbonyl (C=O) groups excluding carboxylic acids is 1. The lowest BCUT2D eigenvalue weighted by Gasteiger charge is -2.02. The van der Waals surface area contributed by atoms with Gasteiger partial charge in [0.05, 0.1) is 0 Å². The second-order valence-electron chi connectivity index (χ2n) is 2.57. The Bertz CT molecular complexity index is 429. The van der Waals surface area contributed by atoms with Crippen LogP contribution < -0.4 is 5.32 Å². The number of halogens is 2. The van der Waals surface area contributed by atoms with Crippen LogP contribution in [0.4, 0.5) is 14.5 Å². The molecule has 1 N–H and O–H groups in total. The Kier molecular flexibility index (Phi) is 3.59. The highest BCUT2D eigenvalue weighted by Gasteiger charge is 2.04. The molecule has 0 aliphatic heterocycles. The molecule has 0 saturated carbocycles. The third-order valence-corrected chi connectivity index (χ3v) is 1.48. The van der Waals surface area contributed by atoms with Gasteiger partial charge in [0.1, 0.15) is 6.54 Å². The number of benzene rings is 1. The van der Waals surface area contributed by atoms with Crippen molar-refractivity contribution in [1.82, 2.24) is 0 Å². The largest absolute Gasteiger partial charge is 0.326 e. The van der Waals surface area contributed by atoms with Gasteiger partial charge < -0.3 is 5.32 Å². The zero-order valence-electron chi connectivity index (χ0n) is 7.44. The van der Waals surface area contributed by atoms with Crippen LogP contribution in [0.2, 0.25) is 0 Å². The van der Waals surface area contributed by atoms with Crippen molar-refractivity contribution in [1.29, 1.82) is 0 Å². The van der Waals surface area contributed by atoms with Gasteiger partial charge in [0.15, 0.2) is 11.6 Å². The fourth-order valence-electron chi connectivity index (χ4n) is 0.870. The Balaban J connectivity index is 2.68. The first-order valence-corrected chi connectivity index (χ1v) is 3.89. The topological polar surface area (TPSA) is 77.9 Å². The van der Waals surface area contributed by atoms with Crippen molar-refractivity contribution in [3.63, 3.8) is 0 Å². The van der Waals surface area contributed by atoms with Gasteiger partial charge in [0.25, 0.3) is 0 Å². The number of hydrogen-bond donors (Lipinski definition) is 1. The van der Waals surface area contributed by atoms with Gasteiger partial charge in [0, 0.05) is 16.7 Å². The lowest BCUT2D eigenvalue weighted by molar-refractivity contribution is -0.114. The summed E-state index contributed by atoms with van der Waals surface area (Å²) in [6.45, 7) is -0.393. The number of amides is 1. The molecule has 1 aromatic rings. The van der Waals surface area contributed by atoms with Crippen LogP contribution in [0.15, 0.2) is 23.3 Å². The molecule has 7 heteroatoms. The molecule has 1 amide bonds. The maximum absolute atomic E-state index is 12.7. The molecule has 0 bridgehead atoms. The van der Waals surface area contributed by atoms with Crippen LogP contribution in [-0.2, 0) is 4.79 Å². The van der Waals surface area contributed by atoms with Gasteiger partial charge in [-0.2, -0.15) is 0 Å². The van der Waals surface area contributed by atoms with E-state index in [0.29, 0.717) is 0 Å². The smallest absolute Gasteiger partial charge is 0.230 e. The van der Waals surface area contributed by atoms with Crippen molar-refractivity contribution in [2.24, 2.45) is 5.11 Å². The van der Waals surface area contributed by atoms with E-state index in [1.165, 1.54) is 6.07 Å². The molecule has 0 heterocycles. The summed E-state index contributed by atoms with van der Waals surface area (Å²) in [4.78, 5) is 13.4. The molecule has 0 fully saturated rings. The molecule has 0 unspecified atom stereocenters. The molecule has 0 aliphatic carbocycles. The molecule has 0 saturated heterocycles. The van der Waals surface area contributed by atoms with Crippen molar-refractivity contribution < 1.29 is 13.6 Å². The van der Waals surface area contributed by atoms with Crippen molar-refractivity contribution in [2.75, 3.05) is 11.9 Å². The molecule has 0 radical (unpaired) electrons. The molecule has 0 aromatic heterocycles. The lowest BCUT2D eigenvalue weighted by Crippen LogP contribution is -2.14. The van der Waals surface area contributed by atoms with Crippen molar-refractivity contribution in [3.05, 3.63) is 40.3 Å². The molecule has 15 heavy (non-hydrogen) atoms. The zero-order valence-corrected chi connectivity index (χ0v) is 7.44. The summed E-state index contributed by atoms with van der Waals surface area (Å²) in [5.74, 6) is -2.65. The Labute approximate surface area is 83.3 Å². The first-order valence-electron chi connectivity index (χ1n) is 3.89. The minimum atomic E-state index is -1.06. The average molecular weight is 212 g/mol. The van der Waals surface area contributed by atoms with Crippen LogP contribution in [-0.4, -0.2) is 12.5 Å². The van der Waals surface area contributed by atoms with E-state index in [9.17, 15) is 13.6 Å². The van der Waals surface area contributed by atoms with E-state index in [2.05, 4.69) is 15.3 Å². The molecule has 0 aliphatic rings. The quantitative estimate of drug-likeness (QED) is 0.465. The molecule has 5 nitrogen and oxygen atoms in total. The van der Waals surface area contributed by atoms with E-state index >= 15 is 0 Å². The normalized spacial score (nSPS) is 9.20. The van der Waals surface area contributed by atoms with Crippen LogP contribution in [0.1, 0.15) is 0 Å². The van der Waals surface area contributed by atoms with Gasteiger partial charge >= 0.3 is 0 Å². The van der Waals surface area contributed by atoms with Crippen LogP contribution >= 0.6 is 0 Å². The summed E-state index contributed by atoms with van der Waals surface area (Å²) in [5, 5.41) is 5.24. The zero-order chi connectivity index (χ0) is 11.3. The first-order chi connectivity index (χ1) is 7.13. The summed E-state index contributed by atoms with van der Waals surface area (Å²) in [6.07, 6.45) is 0. The summed E-state index contributed by atoms with van der Waals surface area (Å²) in [6, 6.07) is 2.92. The molecule has 1 rings (SSSR count). The molecule has 78 valence electrons. The lowest BCUT2D eigenvalue weighted by atomic mass is 10.3. The van der Waals surface area contributed by atoms with Gasteiger partial charge in [-0.25, -0.2) is 8.78 Å². The van der Waals surface area contributed by atoms with E-state index in [0.717, 1.165) is 12.1 Å². The highest BCUT2D eigenvalue weighted by molar-refractivity contribution is 5.92. The number of nitrogens with zero attached hydrogens (tertiary/aromatic N) is 3. The highest BCUT2D eigenvalue weighted by Crippen LogP contribution is 2.12. The van der Waals surface area contributed by atoms with E-state index in [-0.39, 0.29) is 5.69 Å². The molecule has 0 spiro atoms. The third kappa shape index (κ3) is 3.24. The minimum Gasteiger partial charge on any atom is -0.326 e. The summed E-state index contributed by atoms with van der Waals surface area (Å²) in [7, 11) is 0. The molecule has 1 aromatic carbocycles. The standard InChI is InChI=1S/C8H6F2N4O/c9-6-2-1-5(3-7(6)10)13-8(15)4-12-14-11/h1-3H,4H2,(H,13,15). The van der Waals surface area contributed by atoms with Crippen molar-refractivity contribution >= 4 is 11.6 Å². The SMILES string of the molecule is [N-]=[N+]=NCC(=O)Nc1ccc(F)c(F)c1. The molecule has 0 atom stereocenters. The second kappa shape index (κ2) is 4.92. The number of anilines is 1. The van der Waals surface area contributed by atoms with E-state index in [1.807, 2.05) is 0 Å². The maximum atomic E-state index is 12.7. The molecular weight excluding hydrogens is 206 g/mol. The maximum Gasteiger partial charge on any atom is 0.230 e. The third-order valence-electron chi connectivity index (χ3n) is 1.48.